The number of rotatable bonds is 10. The quantitative estimate of drug-likeness (QED) is 0.470. The van der Waals surface area contributed by atoms with E-state index in [0.29, 0.717) is 11.5 Å². The third kappa shape index (κ3) is 6.21. The van der Waals surface area contributed by atoms with E-state index in [9.17, 15) is 10.2 Å². The number of aryl methyl sites for hydroxylation is 4. The number of phenols is 2. The number of thioether (sulfide) groups is 1. The minimum absolute atomic E-state index is 0.465. The van der Waals surface area contributed by atoms with Crippen LogP contribution in [0.15, 0.2) is 24.3 Å². The predicted molar refractivity (Wildman–Crippen MR) is 118 cm³/mol. The Hall–Kier alpha value is -1.61. The summed E-state index contributed by atoms with van der Waals surface area (Å²) >= 11 is 1.89. The molecule has 2 aromatic rings. The maximum Gasteiger partial charge on any atom is 0.121 e. The molecule has 0 heterocycles. The second kappa shape index (κ2) is 10.7. The standard InChI is InChI=1S/C24H34O2S/c1-5-7-9-21-13-19(11-17(3)23(21)25)15-27-16-20-12-18(4)24(26)22(14-20)10-8-6-2/h11-14,25-26H,5-10,15-16H2,1-4H3. The fourth-order valence-corrected chi connectivity index (χ4v) is 4.34. The molecule has 2 N–H and O–H groups in total. The normalized spacial score (nSPS) is 11.1. The van der Waals surface area contributed by atoms with E-state index in [2.05, 4.69) is 38.1 Å². The Morgan fingerprint density at radius 3 is 1.48 bits per heavy atom. The Morgan fingerprint density at radius 2 is 1.11 bits per heavy atom. The predicted octanol–water partition coefficient (Wildman–Crippen LogP) is 6.83. The van der Waals surface area contributed by atoms with Gasteiger partial charge in [-0.15, -0.1) is 0 Å². The van der Waals surface area contributed by atoms with E-state index in [0.717, 1.165) is 72.3 Å². The molecule has 148 valence electrons. The van der Waals surface area contributed by atoms with Crippen LogP contribution in [-0.4, -0.2) is 10.2 Å². The van der Waals surface area contributed by atoms with Crippen LogP contribution in [0.2, 0.25) is 0 Å². The second-order valence-corrected chi connectivity index (χ2v) is 8.53. The van der Waals surface area contributed by atoms with Gasteiger partial charge in [-0.1, -0.05) is 51.0 Å². The van der Waals surface area contributed by atoms with Crippen LogP contribution in [0.25, 0.3) is 0 Å². The molecule has 3 heteroatoms. The first-order valence-corrected chi connectivity index (χ1v) is 11.3. The molecule has 0 unspecified atom stereocenters. The molecule has 0 saturated heterocycles. The SMILES string of the molecule is CCCCc1cc(CSCc2cc(C)c(O)c(CCCC)c2)cc(C)c1O. The monoisotopic (exact) mass is 386 g/mol. The van der Waals surface area contributed by atoms with Gasteiger partial charge in [0.05, 0.1) is 0 Å². The molecule has 0 saturated carbocycles. The van der Waals surface area contributed by atoms with E-state index in [1.807, 2.05) is 25.6 Å². The molecule has 0 aromatic heterocycles. The molecular weight excluding hydrogens is 352 g/mol. The molecule has 2 aromatic carbocycles. The third-order valence-electron chi connectivity index (χ3n) is 5.02. The summed E-state index contributed by atoms with van der Waals surface area (Å²) in [6, 6.07) is 8.54. The van der Waals surface area contributed by atoms with Gasteiger partial charge in [0.25, 0.3) is 0 Å². The lowest BCUT2D eigenvalue weighted by atomic mass is 10.0. The molecule has 2 rings (SSSR count). The van der Waals surface area contributed by atoms with Crippen LogP contribution in [0.3, 0.4) is 0 Å². The van der Waals surface area contributed by atoms with Gasteiger partial charge in [-0.25, -0.2) is 0 Å². The maximum atomic E-state index is 10.3. The van der Waals surface area contributed by atoms with Gasteiger partial charge in [-0.3, -0.25) is 0 Å². The average Bonchev–Trinajstić information content (AvgIpc) is 2.64. The van der Waals surface area contributed by atoms with Crippen molar-refractivity contribution in [3.8, 4) is 11.5 Å². The summed E-state index contributed by atoms with van der Waals surface area (Å²) in [4.78, 5) is 0. The summed E-state index contributed by atoms with van der Waals surface area (Å²) in [6.07, 6.45) is 6.38. The fourth-order valence-electron chi connectivity index (χ4n) is 3.44. The van der Waals surface area contributed by atoms with Crippen molar-refractivity contribution in [2.45, 2.75) is 77.7 Å². The van der Waals surface area contributed by atoms with Crippen molar-refractivity contribution in [2.75, 3.05) is 0 Å². The van der Waals surface area contributed by atoms with Gasteiger partial charge < -0.3 is 10.2 Å². The number of benzene rings is 2. The Balaban J connectivity index is 2.03. The molecule has 0 fully saturated rings. The Labute approximate surface area is 169 Å². The topological polar surface area (TPSA) is 40.5 Å². The highest BCUT2D eigenvalue weighted by molar-refractivity contribution is 7.97. The van der Waals surface area contributed by atoms with Crippen LogP contribution in [-0.2, 0) is 24.3 Å². The van der Waals surface area contributed by atoms with Crippen LogP contribution in [0.4, 0.5) is 0 Å². The van der Waals surface area contributed by atoms with Gasteiger partial charge in [0.2, 0.25) is 0 Å². The van der Waals surface area contributed by atoms with E-state index >= 15 is 0 Å². The van der Waals surface area contributed by atoms with Crippen molar-refractivity contribution < 1.29 is 10.2 Å². The zero-order valence-corrected chi connectivity index (χ0v) is 18.1. The van der Waals surface area contributed by atoms with Crippen LogP contribution in [0.1, 0.15) is 72.9 Å². The number of hydrogen-bond donors (Lipinski definition) is 2. The van der Waals surface area contributed by atoms with Crippen molar-refractivity contribution in [3.63, 3.8) is 0 Å². The molecule has 0 amide bonds. The highest BCUT2D eigenvalue weighted by Gasteiger charge is 2.09. The van der Waals surface area contributed by atoms with Gasteiger partial charge in [0.15, 0.2) is 0 Å². The van der Waals surface area contributed by atoms with E-state index in [-0.39, 0.29) is 0 Å². The molecule has 2 nitrogen and oxygen atoms in total. The van der Waals surface area contributed by atoms with Gasteiger partial charge >= 0.3 is 0 Å². The number of phenolic OH excluding ortho intramolecular Hbond substituents is 2. The first-order chi connectivity index (χ1) is 13.0. The zero-order valence-electron chi connectivity index (χ0n) is 17.3. The Kier molecular flexibility index (Phi) is 8.56. The highest BCUT2D eigenvalue weighted by Crippen LogP contribution is 2.30. The fraction of sp³-hybridized carbons (Fsp3) is 0.500. The number of hydrogen-bond acceptors (Lipinski definition) is 3. The van der Waals surface area contributed by atoms with Crippen LogP contribution < -0.4 is 0 Å². The van der Waals surface area contributed by atoms with Gasteiger partial charge in [-0.2, -0.15) is 11.8 Å². The molecule has 0 spiro atoms. The molecular formula is C24H34O2S. The zero-order chi connectivity index (χ0) is 19.8. The van der Waals surface area contributed by atoms with Gasteiger partial charge in [0.1, 0.15) is 11.5 Å². The first kappa shape index (κ1) is 21.7. The van der Waals surface area contributed by atoms with E-state index < -0.39 is 0 Å². The highest BCUT2D eigenvalue weighted by atomic mass is 32.2. The van der Waals surface area contributed by atoms with Crippen LogP contribution in [0.5, 0.6) is 11.5 Å². The molecule has 0 aliphatic rings. The summed E-state index contributed by atoms with van der Waals surface area (Å²) in [7, 11) is 0. The van der Waals surface area contributed by atoms with Crippen LogP contribution in [0, 0.1) is 13.8 Å². The molecule has 27 heavy (non-hydrogen) atoms. The van der Waals surface area contributed by atoms with Crippen molar-refractivity contribution in [2.24, 2.45) is 0 Å². The molecule has 0 aliphatic heterocycles. The molecule has 0 aliphatic carbocycles. The van der Waals surface area contributed by atoms with Crippen molar-refractivity contribution in [3.05, 3.63) is 57.6 Å². The third-order valence-corrected chi connectivity index (χ3v) is 6.09. The minimum Gasteiger partial charge on any atom is -0.507 e. The minimum atomic E-state index is 0.465. The lowest BCUT2D eigenvalue weighted by Gasteiger charge is -2.12. The van der Waals surface area contributed by atoms with E-state index in [4.69, 9.17) is 0 Å². The molecule has 0 bridgehead atoms. The van der Waals surface area contributed by atoms with Crippen LogP contribution >= 0.6 is 11.8 Å². The van der Waals surface area contributed by atoms with Gasteiger partial charge in [0, 0.05) is 11.5 Å². The number of unbranched alkanes of at least 4 members (excludes halogenated alkanes) is 2. The summed E-state index contributed by atoms with van der Waals surface area (Å²) in [6.45, 7) is 8.33. The summed E-state index contributed by atoms with van der Waals surface area (Å²) < 4.78 is 0. The smallest absolute Gasteiger partial charge is 0.121 e. The van der Waals surface area contributed by atoms with Crippen molar-refractivity contribution in [1.29, 1.82) is 0 Å². The van der Waals surface area contributed by atoms with Crippen molar-refractivity contribution in [1.82, 2.24) is 0 Å². The summed E-state index contributed by atoms with van der Waals surface area (Å²) in [5.41, 5.74) is 6.67. The second-order valence-electron chi connectivity index (χ2n) is 7.54. The average molecular weight is 387 g/mol. The maximum absolute atomic E-state index is 10.3. The first-order valence-electron chi connectivity index (χ1n) is 10.2. The number of aromatic hydroxyl groups is 2. The Morgan fingerprint density at radius 1 is 0.704 bits per heavy atom. The van der Waals surface area contributed by atoms with E-state index in [1.165, 1.54) is 11.1 Å². The summed E-state index contributed by atoms with van der Waals surface area (Å²) in [5.74, 6) is 2.80. The summed E-state index contributed by atoms with van der Waals surface area (Å²) in [5, 5.41) is 20.6. The lowest BCUT2D eigenvalue weighted by molar-refractivity contribution is 0.462. The Bertz CT molecular complexity index is 689. The van der Waals surface area contributed by atoms with Crippen molar-refractivity contribution >= 4 is 11.8 Å². The largest absolute Gasteiger partial charge is 0.507 e. The lowest BCUT2D eigenvalue weighted by Crippen LogP contribution is -1.94. The van der Waals surface area contributed by atoms with Gasteiger partial charge in [-0.05, 0) is 72.9 Å². The molecule has 0 radical (unpaired) electrons. The van der Waals surface area contributed by atoms with E-state index in [1.54, 1.807) is 0 Å². The molecule has 0 atom stereocenters.